The molecule has 3 aromatic carbocycles. The Bertz CT molecular complexity index is 1210. The lowest BCUT2D eigenvalue weighted by Gasteiger charge is -2.10. The molecule has 7 heteroatoms. The summed E-state index contributed by atoms with van der Waals surface area (Å²) in [4.78, 5) is 29.0. The summed E-state index contributed by atoms with van der Waals surface area (Å²) in [5.41, 5.74) is 3.14. The second kappa shape index (κ2) is 8.99. The quantitative estimate of drug-likeness (QED) is 0.228. The topological polar surface area (TPSA) is 65.0 Å². The van der Waals surface area contributed by atoms with E-state index in [1.807, 2.05) is 37.3 Å². The summed E-state index contributed by atoms with van der Waals surface area (Å²) >= 11 is 6.86. The molecule has 0 N–H and O–H groups in total. The van der Waals surface area contributed by atoms with E-state index in [2.05, 4.69) is 36.9 Å². The first kappa shape index (κ1) is 21.2. The molecular formula is C24H15Br2NO4. The van der Waals surface area contributed by atoms with Crippen LogP contribution in [0, 0.1) is 6.92 Å². The molecule has 5 nitrogen and oxygen atoms in total. The fraction of sp³-hybridized carbons (Fsp3) is 0.0417. The van der Waals surface area contributed by atoms with Crippen molar-refractivity contribution in [2.45, 2.75) is 6.92 Å². The summed E-state index contributed by atoms with van der Waals surface area (Å²) in [6, 6.07) is 19.7. The van der Waals surface area contributed by atoms with Crippen LogP contribution in [-0.2, 0) is 9.53 Å². The second-order valence-electron chi connectivity index (χ2n) is 6.77. The number of cyclic esters (lactones) is 1. The van der Waals surface area contributed by atoms with Gasteiger partial charge >= 0.3 is 11.9 Å². The van der Waals surface area contributed by atoms with E-state index in [0.29, 0.717) is 25.8 Å². The van der Waals surface area contributed by atoms with Gasteiger partial charge in [0, 0.05) is 5.56 Å². The van der Waals surface area contributed by atoms with Crippen LogP contribution >= 0.6 is 31.9 Å². The standard InChI is InChI=1S/C24H15Br2NO4/c1-14-7-9-16(10-8-14)22-27-20(24(29)31-22)13-15-11-18(25)21(19(26)12-15)30-23(28)17-5-3-2-4-6-17/h2-13H,1H3/b20-13-. The first-order valence-electron chi connectivity index (χ1n) is 9.26. The minimum atomic E-state index is -0.526. The van der Waals surface area contributed by atoms with Crippen molar-refractivity contribution in [2.75, 3.05) is 0 Å². The van der Waals surface area contributed by atoms with Crippen molar-refractivity contribution in [3.8, 4) is 5.75 Å². The number of hydrogen-bond donors (Lipinski definition) is 0. The van der Waals surface area contributed by atoms with E-state index in [0.717, 1.165) is 11.1 Å². The lowest BCUT2D eigenvalue weighted by molar-refractivity contribution is -0.129. The van der Waals surface area contributed by atoms with Crippen molar-refractivity contribution in [1.82, 2.24) is 0 Å². The van der Waals surface area contributed by atoms with Crippen LogP contribution in [0.3, 0.4) is 0 Å². The number of carbonyl (C=O) groups excluding carboxylic acids is 2. The maximum absolute atomic E-state index is 12.4. The maximum atomic E-state index is 12.4. The number of carbonyl (C=O) groups is 2. The Labute approximate surface area is 195 Å². The number of hydrogen-bond acceptors (Lipinski definition) is 5. The third-order valence-corrected chi connectivity index (χ3v) is 5.63. The van der Waals surface area contributed by atoms with Gasteiger partial charge in [-0.05, 0) is 86.8 Å². The van der Waals surface area contributed by atoms with Crippen molar-refractivity contribution in [3.63, 3.8) is 0 Å². The molecule has 0 radical (unpaired) electrons. The molecule has 1 heterocycles. The highest BCUT2D eigenvalue weighted by Crippen LogP contribution is 2.36. The van der Waals surface area contributed by atoms with Crippen molar-refractivity contribution in [2.24, 2.45) is 4.99 Å². The molecule has 0 saturated heterocycles. The number of aryl methyl sites for hydroxylation is 1. The van der Waals surface area contributed by atoms with Gasteiger partial charge in [0.05, 0.1) is 14.5 Å². The average molecular weight is 541 g/mol. The molecule has 0 saturated carbocycles. The molecule has 0 amide bonds. The van der Waals surface area contributed by atoms with E-state index in [9.17, 15) is 9.59 Å². The minimum Gasteiger partial charge on any atom is -0.421 e. The summed E-state index contributed by atoms with van der Waals surface area (Å²) in [5, 5.41) is 0. The Kier molecular flexibility index (Phi) is 6.15. The van der Waals surface area contributed by atoms with Gasteiger partial charge in [-0.15, -0.1) is 0 Å². The summed E-state index contributed by atoms with van der Waals surface area (Å²) in [6.07, 6.45) is 1.61. The predicted molar refractivity (Wildman–Crippen MR) is 125 cm³/mol. The van der Waals surface area contributed by atoms with Gasteiger partial charge in [-0.2, -0.15) is 0 Å². The monoisotopic (exact) mass is 539 g/mol. The van der Waals surface area contributed by atoms with Crippen LogP contribution in [0.5, 0.6) is 5.75 Å². The van der Waals surface area contributed by atoms with E-state index in [-0.39, 0.29) is 11.6 Å². The van der Waals surface area contributed by atoms with E-state index in [1.54, 1.807) is 42.5 Å². The van der Waals surface area contributed by atoms with Crippen LogP contribution in [0.1, 0.15) is 27.0 Å². The van der Waals surface area contributed by atoms with Crippen LogP contribution in [0.25, 0.3) is 6.08 Å². The molecule has 0 bridgehead atoms. The normalized spacial score (nSPS) is 14.4. The molecular weight excluding hydrogens is 526 g/mol. The molecule has 0 aromatic heterocycles. The van der Waals surface area contributed by atoms with Crippen LogP contribution < -0.4 is 4.74 Å². The Balaban J connectivity index is 1.59. The predicted octanol–water partition coefficient (Wildman–Crippen LogP) is 6.08. The smallest absolute Gasteiger partial charge is 0.363 e. The Morgan fingerprint density at radius 2 is 1.65 bits per heavy atom. The summed E-state index contributed by atoms with van der Waals surface area (Å²) in [5.74, 6) is -0.390. The van der Waals surface area contributed by atoms with Gasteiger partial charge in [-0.3, -0.25) is 0 Å². The molecule has 154 valence electrons. The highest BCUT2D eigenvalue weighted by molar-refractivity contribution is 9.11. The number of esters is 2. The highest BCUT2D eigenvalue weighted by atomic mass is 79.9. The van der Waals surface area contributed by atoms with Crippen molar-refractivity contribution in [3.05, 3.63) is 104 Å². The Morgan fingerprint density at radius 1 is 1.00 bits per heavy atom. The van der Waals surface area contributed by atoms with Gasteiger partial charge in [0.1, 0.15) is 0 Å². The molecule has 0 atom stereocenters. The maximum Gasteiger partial charge on any atom is 0.363 e. The number of benzene rings is 3. The van der Waals surface area contributed by atoms with Crippen LogP contribution in [0.2, 0.25) is 0 Å². The molecule has 1 aliphatic rings. The minimum absolute atomic E-state index is 0.184. The van der Waals surface area contributed by atoms with Gasteiger partial charge < -0.3 is 9.47 Å². The SMILES string of the molecule is Cc1ccc(C2=N/C(=C\c3cc(Br)c(OC(=O)c4ccccc4)c(Br)c3)C(=O)O2)cc1. The number of ether oxygens (including phenoxy) is 2. The van der Waals surface area contributed by atoms with E-state index in [1.165, 1.54) is 0 Å². The number of aliphatic imine (C=N–C) groups is 1. The van der Waals surface area contributed by atoms with E-state index in [4.69, 9.17) is 9.47 Å². The first-order valence-corrected chi connectivity index (χ1v) is 10.9. The summed E-state index contributed by atoms with van der Waals surface area (Å²) in [7, 11) is 0. The summed E-state index contributed by atoms with van der Waals surface area (Å²) in [6.45, 7) is 1.98. The van der Waals surface area contributed by atoms with Crippen molar-refractivity contribution >= 4 is 55.8 Å². The fourth-order valence-corrected chi connectivity index (χ4v) is 4.26. The molecule has 3 aromatic rings. The van der Waals surface area contributed by atoms with Crippen molar-refractivity contribution < 1.29 is 19.1 Å². The average Bonchev–Trinajstić information content (AvgIpc) is 3.12. The molecule has 31 heavy (non-hydrogen) atoms. The fourth-order valence-electron chi connectivity index (χ4n) is 2.87. The molecule has 0 fully saturated rings. The largest absolute Gasteiger partial charge is 0.421 e. The van der Waals surface area contributed by atoms with Crippen LogP contribution in [-0.4, -0.2) is 17.8 Å². The zero-order valence-corrected chi connectivity index (χ0v) is 19.4. The molecule has 0 spiro atoms. The lowest BCUT2D eigenvalue weighted by Crippen LogP contribution is -2.09. The second-order valence-corrected chi connectivity index (χ2v) is 8.48. The van der Waals surface area contributed by atoms with Gasteiger partial charge in [-0.25, -0.2) is 14.6 Å². The lowest BCUT2D eigenvalue weighted by atomic mass is 10.1. The molecule has 0 aliphatic carbocycles. The zero-order valence-electron chi connectivity index (χ0n) is 16.3. The van der Waals surface area contributed by atoms with E-state index >= 15 is 0 Å². The Hall–Kier alpha value is -3.03. The van der Waals surface area contributed by atoms with Crippen LogP contribution in [0.15, 0.2) is 86.4 Å². The molecule has 1 aliphatic heterocycles. The first-order chi connectivity index (χ1) is 14.9. The third kappa shape index (κ3) is 4.84. The van der Waals surface area contributed by atoms with Crippen molar-refractivity contribution in [1.29, 1.82) is 0 Å². The number of nitrogens with zero attached hydrogens (tertiary/aromatic N) is 1. The Morgan fingerprint density at radius 3 is 2.29 bits per heavy atom. The van der Waals surface area contributed by atoms with Gasteiger partial charge in [0.2, 0.25) is 5.90 Å². The molecule has 4 rings (SSSR count). The van der Waals surface area contributed by atoms with Gasteiger partial charge in [0.15, 0.2) is 11.4 Å². The zero-order chi connectivity index (χ0) is 22.0. The highest BCUT2D eigenvalue weighted by Gasteiger charge is 2.24. The number of rotatable bonds is 4. The van der Waals surface area contributed by atoms with Gasteiger partial charge in [-0.1, -0.05) is 35.9 Å². The molecule has 0 unspecified atom stereocenters. The summed E-state index contributed by atoms with van der Waals surface area (Å²) < 4.78 is 11.9. The number of halogens is 2. The van der Waals surface area contributed by atoms with E-state index < -0.39 is 11.9 Å². The third-order valence-electron chi connectivity index (χ3n) is 4.45. The van der Waals surface area contributed by atoms with Gasteiger partial charge in [0.25, 0.3) is 0 Å². The van der Waals surface area contributed by atoms with Crippen LogP contribution in [0.4, 0.5) is 0 Å².